The van der Waals surface area contributed by atoms with Crippen molar-refractivity contribution < 1.29 is 9.13 Å². The van der Waals surface area contributed by atoms with Gasteiger partial charge in [-0.1, -0.05) is 12.1 Å². The van der Waals surface area contributed by atoms with E-state index < -0.39 is 0 Å². The average molecular weight is 278 g/mol. The number of hydrogen-bond donors (Lipinski definition) is 1. The zero-order valence-electron chi connectivity index (χ0n) is 10.4. The Morgan fingerprint density at radius 1 is 1.37 bits per heavy atom. The van der Waals surface area contributed by atoms with Gasteiger partial charge in [-0.25, -0.2) is 9.37 Å². The van der Waals surface area contributed by atoms with Crippen molar-refractivity contribution in [1.82, 2.24) is 10.3 Å². The standard InChI is InChI=1S/C14H15FN2OS/c15-12-3-1-2-4-13(12)18-9-14-17-8-11(19-14)7-16-10-5-6-10/h1-4,8,10,16H,5-7,9H2. The van der Waals surface area contributed by atoms with E-state index in [4.69, 9.17) is 4.74 Å². The second kappa shape index (κ2) is 5.67. The number of ether oxygens (including phenoxy) is 1. The van der Waals surface area contributed by atoms with E-state index in [0.29, 0.717) is 12.6 Å². The molecule has 1 aromatic heterocycles. The van der Waals surface area contributed by atoms with E-state index in [1.165, 1.54) is 23.8 Å². The summed E-state index contributed by atoms with van der Waals surface area (Å²) in [7, 11) is 0. The lowest BCUT2D eigenvalue weighted by atomic mass is 10.3. The molecule has 19 heavy (non-hydrogen) atoms. The Hall–Kier alpha value is -1.46. The van der Waals surface area contributed by atoms with E-state index in [9.17, 15) is 4.39 Å². The van der Waals surface area contributed by atoms with E-state index in [1.807, 2.05) is 6.20 Å². The SMILES string of the molecule is Fc1ccccc1OCc1ncc(CNC2CC2)s1. The zero-order chi connectivity index (χ0) is 13.1. The topological polar surface area (TPSA) is 34.1 Å². The maximum atomic E-state index is 13.4. The third-order valence-electron chi connectivity index (χ3n) is 2.93. The van der Waals surface area contributed by atoms with Gasteiger partial charge < -0.3 is 10.1 Å². The molecule has 1 aromatic carbocycles. The fourth-order valence-electron chi connectivity index (χ4n) is 1.73. The summed E-state index contributed by atoms with van der Waals surface area (Å²) in [6.07, 6.45) is 4.42. The third-order valence-corrected chi connectivity index (χ3v) is 3.90. The lowest BCUT2D eigenvalue weighted by Crippen LogP contribution is -2.14. The Morgan fingerprint density at radius 2 is 2.21 bits per heavy atom. The molecule has 100 valence electrons. The Kier molecular flexibility index (Phi) is 3.75. The molecule has 1 aliphatic rings. The van der Waals surface area contributed by atoms with Crippen LogP contribution in [0.25, 0.3) is 0 Å². The minimum atomic E-state index is -0.338. The first-order valence-electron chi connectivity index (χ1n) is 6.35. The van der Waals surface area contributed by atoms with Gasteiger partial charge in [0.05, 0.1) is 0 Å². The average Bonchev–Trinajstić information content (AvgIpc) is 3.14. The molecule has 0 aliphatic heterocycles. The van der Waals surface area contributed by atoms with Crippen LogP contribution in [0.5, 0.6) is 5.75 Å². The Bertz CT molecular complexity index is 554. The molecule has 0 amide bonds. The van der Waals surface area contributed by atoms with Gasteiger partial charge in [0.15, 0.2) is 11.6 Å². The number of halogens is 1. The minimum Gasteiger partial charge on any atom is -0.483 e. The summed E-state index contributed by atoms with van der Waals surface area (Å²) < 4.78 is 18.8. The Balaban J connectivity index is 1.53. The van der Waals surface area contributed by atoms with Crippen molar-refractivity contribution in [2.24, 2.45) is 0 Å². The molecule has 1 fully saturated rings. The second-order valence-corrected chi connectivity index (χ2v) is 5.79. The highest BCUT2D eigenvalue weighted by atomic mass is 32.1. The normalized spacial score (nSPS) is 14.6. The quantitative estimate of drug-likeness (QED) is 0.881. The summed E-state index contributed by atoms with van der Waals surface area (Å²) >= 11 is 1.61. The van der Waals surface area contributed by atoms with Crippen molar-refractivity contribution in [3.8, 4) is 5.75 Å². The number of hydrogen-bond acceptors (Lipinski definition) is 4. The Labute approximate surface area is 115 Å². The van der Waals surface area contributed by atoms with Gasteiger partial charge in [-0.3, -0.25) is 0 Å². The molecule has 1 heterocycles. The molecule has 0 spiro atoms. The van der Waals surface area contributed by atoms with E-state index in [0.717, 1.165) is 11.6 Å². The smallest absolute Gasteiger partial charge is 0.165 e. The van der Waals surface area contributed by atoms with Gasteiger partial charge in [-0.05, 0) is 25.0 Å². The van der Waals surface area contributed by atoms with Gasteiger partial charge in [-0.2, -0.15) is 0 Å². The van der Waals surface area contributed by atoms with Crippen LogP contribution in [-0.4, -0.2) is 11.0 Å². The van der Waals surface area contributed by atoms with Crippen molar-refractivity contribution in [3.05, 3.63) is 46.2 Å². The van der Waals surface area contributed by atoms with Gasteiger partial charge in [0.1, 0.15) is 11.6 Å². The van der Waals surface area contributed by atoms with Crippen LogP contribution in [0.4, 0.5) is 4.39 Å². The molecule has 5 heteroatoms. The van der Waals surface area contributed by atoms with Crippen LogP contribution in [0.3, 0.4) is 0 Å². The molecule has 0 bridgehead atoms. The van der Waals surface area contributed by atoms with Gasteiger partial charge in [-0.15, -0.1) is 11.3 Å². The predicted octanol–water partition coefficient (Wildman–Crippen LogP) is 3.11. The molecule has 1 N–H and O–H groups in total. The number of benzene rings is 1. The molecular weight excluding hydrogens is 263 g/mol. The number of thiazole rings is 1. The number of rotatable bonds is 6. The lowest BCUT2D eigenvalue weighted by Gasteiger charge is -2.04. The van der Waals surface area contributed by atoms with Crippen LogP contribution in [0.2, 0.25) is 0 Å². The molecule has 0 atom stereocenters. The maximum Gasteiger partial charge on any atom is 0.165 e. The van der Waals surface area contributed by atoms with E-state index >= 15 is 0 Å². The molecule has 0 saturated heterocycles. The number of aromatic nitrogens is 1. The van der Waals surface area contributed by atoms with Crippen LogP contribution in [-0.2, 0) is 13.2 Å². The van der Waals surface area contributed by atoms with Gasteiger partial charge in [0.25, 0.3) is 0 Å². The monoisotopic (exact) mass is 278 g/mol. The van der Waals surface area contributed by atoms with E-state index in [-0.39, 0.29) is 11.6 Å². The molecule has 3 rings (SSSR count). The summed E-state index contributed by atoms with van der Waals surface area (Å²) in [5, 5.41) is 4.31. The maximum absolute atomic E-state index is 13.4. The van der Waals surface area contributed by atoms with Crippen LogP contribution < -0.4 is 10.1 Å². The first-order chi connectivity index (χ1) is 9.31. The summed E-state index contributed by atoms with van der Waals surface area (Å²) in [6.45, 7) is 1.18. The van der Waals surface area contributed by atoms with Crippen molar-refractivity contribution in [2.45, 2.75) is 32.0 Å². The summed E-state index contributed by atoms with van der Waals surface area (Å²) in [4.78, 5) is 5.48. The number of nitrogens with one attached hydrogen (secondary N) is 1. The third kappa shape index (κ3) is 3.52. The molecule has 3 nitrogen and oxygen atoms in total. The zero-order valence-corrected chi connectivity index (χ0v) is 11.3. The number of nitrogens with zero attached hydrogens (tertiary/aromatic N) is 1. The first-order valence-corrected chi connectivity index (χ1v) is 7.17. The van der Waals surface area contributed by atoms with Crippen LogP contribution in [0, 0.1) is 5.82 Å². The summed E-state index contributed by atoms with van der Waals surface area (Å²) in [5.41, 5.74) is 0. The van der Waals surface area contributed by atoms with Crippen molar-refractivity contribution in [1.29, 1.82) is 0 Å². The lowest BCUT2D eigenvalue weighted by molar-refractivity contribution is 0.290. The van der Waals surface area contributed by atoms with Gasteiger partial charge in [0, 0.05) is 23.7 Å². The highest BCUT2D eigenvalue weighted by molar-refractivity contribution is 7.11. The largest absolute Gasteiger partial charge is 0.483 e. The molecule has 1 aliphatic carbocycles. The summed E-state index contributed by atoms with van der Waals surface area (Å²) in [6, 6.07) is 7.11. The van der Waals surface area contributed by atoms with Crippen LogP contribution >= 0.6 is 11.3 Å². The highest BCUT2D eigenvalue weighted by Gasteiger charge is 2.20. The molecule has 0 unspecified atom stereocenters. The van der Waals surface area contributed by atoms with Crippen LogP contribution in [0.15, 0.2) is 30.5 Å². The highest BCUT2D eigenvalue weighted by Crippen LogP contribution is 2.22. The fourth-order valence-corrected chi connectivity index (χ4v) is 2.52. The second-order valence-electron chi connectivity index (χ2n) is 4.59. The van der Waals surface area contributed by atoms with Crippen molar-refractivity contribution in [3.63, 3.8) is 0 Å². The fraction of sp³-hybridized carbons (Fsp3) is 0.357. The minimum absolute atomic E-state index is 0.273. The summed E-state index contributed by atoms with van der Waals surface area (Å²) in [5.74, 6) is -0.0648. The Morgan fingerprint density at radius 3 is 3.00 bits per heavy atom. The van der Waals surface area contributed by atoms with Crippen molar-refractivity contribution in [2.75, 3.05) is 0 Å². The number of para-hydroxylation sites is 1. The first kappa shape index (κ1) is 12.6. The van der Waals surface area contributed by atoms with Gasteiger partial charge >= 0.3 is 0 Å². The molecule has 1 saturated carbocycles. The molecule has 0 radical (unpaired) electrons. The predicted molar refractivity (Wildman–Crippen MR) is 72.7 cm³/mol. The van der Waals surface area contributed by atoms with Crippen molar-refractivity contribution >= 4 is 11.3 Å². The molecular formula is C14H15FN2OS. The van der Waals surface area contributed by atoms with E-state index in [2.05, 4.69) is 10.3 Å². The van der Waals surface area contributed by atoms with Crippen LogP contribution in [0.1, 0.15) is 22.7 Å². The molecule has 2 aromatic rings. The van der Waals surface area contributed by atoms with Gasteiger partial charge in [0.2, 0.25) is 0 Å². The van der Waals surface area contributed by atoms with E-state index in [1.54, 1.807) is 29.5 Å².